The van der Waals surface area contributed by atoms with Crippen molar-refractivity contribution >= 4 is 15.9 Å². The maximum Gasteiger partial charge on any atom is 0.251 e. The van der Waals surface area contributed by atoms with E-state index >= 15 is 0 Å². The summed E-state index contributed by atoms with van der Waals surface area (Å²) in [5.74, 6) is 0.591. The van der Waals surface area contributed by atoms with Gasteiger partial charge >= 0.3 is 0 Å². The molecule has 7 nitrogen and oxygen atoms in total. The first-order chi connectivity index (χ1) is 11.5. The van der Waals surface area contributed by atoms with E-state index in [0.29, 0.717) is 13.2 Å². The Kier molecular flexibility index (Phi) is 6.59. The summed E-state index contributed by atoms with van der Waals surface area (Å²) in [7, 11) is -1.02. The summed E-state index contributed by atoms with van der Waals surface area (Å²) in [6.07, 6.45) is 3.23. The molecule has 1 amide bonds. The van der Waals surface area contributed by atoms with E-state index in [1.54, 1.807) is 0 Å². The molecule has 134 valence electrons. The fraction of sp³-hybridized carbons (Fsp3) is 0.562. The molecule has 1 saturated carbocycles. The van der Waals surface area contributed by atoms with Crippen molar-refractivity contribution < 1.29 is 22.7 Å². The van der Waals surface area contributed by atoms with Gasteiger partial charge in [0.25, 0.3) is 5.91 Å². The van der Waals surface area contributed by atoms with E-state index in [4.69, 9.17) is 9.47 Å². The number of ether oxygens (including phenoxy) is 2. The lowest BCUT2D eigenvalue weighted by molar-refractivity contribution is 0.0937. The summed E-state index contributed by atoms with van der Waals surface area (Å²) in [4.78, 5) is 12.1. The summed E-state index contributed by atoms with van der Waals surface area (Å²) >= 11 is 0. The predicted octanol–water partition coefficient (Wildman–Crippen LogP) is 1.15. The summed E-state index contributed by atoms with van der Waals surface area (Å²) in [5.41, 5.74) is 0.267. The first-order valence-corrected chi connectivity index (χ1v) is 9.43. The van der Waals surface area contributed by atoms with Gasteiger partial charge in [0.1, 0.15) is 10.6 Å². The fourth-order valence-electron chi connectivity index (χ4n) is 2.15. The van der Waals surface area contributed by atoms with Gasteiger partial charge in [-0.3, -0.25) is 4.79 Å². The number of rotatable bonds is 10. The molecule has 2 N–H and O–H groups in total. The van der Waals surface area contributed by atoms with Crippen molar-refractivity contribution in [3.05, 3.63) is 23.8 Å². The molecule has 1 aliphatic carbocycles. The third kappa shape index (κ3) is 5.19. The van der Waals surface area contributed by atoms with Gasteiger partial charge in [-0.2, -0.15) is 0 Å². The minimum atomic E-state index is -3.71. The topological polar surface area (TPSA) is 93.7 Å². The highest BCUT2D eigenvalue weighted by Gasteiger charge is 2.21. The van der Waals surface area contributed by atoms with Crippen molar-refractivity contribution in [3.8, 4) is 5.75 Å². The number of hydrogen-bond acceptors (Lipinski definition) is 5. The minimum Gasteiger partial charge on any atom is -0.495 e. The number of sulfonamides is 1. The van der Waals surface area contributed by atoms with Gasteiger partial charge in [0.2, 0.25) is 10.0 Å². The zero-order valence-electron chi connectivity index (χ0n) is 14.0. The molecule has 0 heterocycles. The molecule has 8 heteroatoms. The van der Waals surface area contributed by atoms with Crippen molar-refractivity contribution in [2.24, 2.45) is 5.92 Å². The average Bonchev–Trinajstić information content (AvgIpc) is 3.41. The number of carbonyl (C=O) groups excluding carboxylic acids is 1. The Morgan fingerprint density at radius 2 is 2.08 bits per heavy atom. The van der Waals surface area contributed by atoms with Crippen molar-refractivity contribution in [2.75, 3.05) is 33.9 Å². The number of carbonyl (C=O) groups is 1. The first-order valence-electron chi connectivity index (χ1n) is 7.95. The van der Waals surface area contributed by atoms with Crippen LogP contribution in [0, 0.1) is 5.92 Å². The van der Waals surface area contributed by atoms with E-state index in [1.807, 2.05) is 0 Å². The van der Waals surface area contributed by atoms with Gasteiger partial charge in [-0.25, -0.2) is 13.1 Å². The molecule has 0 unspecified atom stereocenters. The maximum atomic E-state index is 12.2. The van der Waals surface area contributed by atoms with Crippen molar-refractivity contribution in [3.63, 3.8) is 0 Å². The van der Waals surface area contributed by atoms with Gasteiger partial charge in [0.15, 0.2) is 0 Å². The van der Waals surface area contributed by atoms with Gasteiger partial charge in [0, 0.05) is 25.3 Å². The molecule has 0 bridgehead atoms. The van der Waals surface area contributed by atoms with Crippen molar-refractivity contribution in [2.45, 2.75) is 24.2 Å². The molecule has 0 saturated heterocycles. The number of nitrogens with one attached hydrogen (secondary N) is 2. The Balaban J connectivity index is 1.90. The average molecular weight is 356 g/mol. The molecule has 24 heavy (non-hydrogen) atoms. The van der Waals surface area contributed by atoms with Gasteiger partial charge in [-0.05, 0) is 50.4 Å². The number of hydrogen-bond donors (Lipinski definition) is 2. The van der Waals surface area contributed by atoms with Crippen LogP contribution in [0.25, 0.3) is 0 Å². The molecule has 1 aromatic carbocycles. The zero-order valence-corrected chi connectivity index (χ0v) is 14.8. The second-order valence-corrected chi connectivity index (χ2v) is 7.56. The highest BCUT2D eigenvalue weighted by Crippen LogP contribution is 2.28. The SMILES string of the molecule is CNS(=O)(=O)c1cc(C(=O)NCCCOCC2CC2)ccc1OC. The van der Waals surface area contributed by atoms with Crippen LogP contribution >= 0.6 is 0 Å². The molecule has 2 rings (SSSR count). The van der Waals surface area contributed by atoms with Gasteiger partial charge in [-0.1, -0.05) is 0 Å². The summed E-state index contributed by atoms with van der Waals surface area (Å²) in [6.45, 7) is 1.89. The second kappa shape index (κ2) is 8.46. The van der Waals surface area contributed by atoms with E-state index in [2.05, 4.69) is 10.0 Å². The highest BCUT2D eigenvalue weighted by atomic mass is 32.2. The van der Waals surface area contributed by atoms with Gasteiger partial charge in [0.05, 0.1) is 7.11 Å². The quantitative estimate of drug-likeness (QED) is 0.614. The third-order valence-electron chi connectivity index (χ3n) is 3.79. The lowest BCUT2D eigenvalue weighted by Gasteiger charge is -2.11. The van der Waals surface area contributed by atoms with E-state index in [-0.39, 0.29) is 22.1 Å². The zero-order chi connectivity index (χ0) is 17.6. The molecule has 1 aromatic rings. The third-order valence-corrected chi connectivity index (χ3v) is 5.22. The Labute approximate surface area is 142 Å². The van der Waals surface area contributed by atoms with Crippen LogP contribution in [0.2, 0.25) is 0 Å². The lowest BCUT2D eigenvalue weighted by atomic mass is 10.2. The van der Waals surface area contributed by atoms with E-state index in [0.717, 1.165) is 18.9 Å². The summed E-state index contributed by atoms with van der Waals surface area (Å²) in [6, 6.07) is 4.31. The van der Waals surface area contributed by atoms with Crippen LogP contribution in [-0.4, -0.2) is 48.2 Å². The van der Waals surface area contributed by atoms with E-state index < -0.39 is 10.0 Å². The second-order valence-electron chi connectivity index (χ2n) is 5.70. The molecule has 0 aromatic heterocycles. The van der Waals surface area contributed by atoms with Gasteiger partial charge in [-0.15, -0.1) is 0 Å². The molecular weight excluding hydrogens is 332 g/mol. The van der Waals surface area contributed by atoms with Crippen LogP contribution in [0.4, 0.5) is 0 Å². The minimum absolute atomic E-state index is 0.0621. The summed E-state index contributed by atoms with van der Waals surface area (Å²) in [5, 5.41) is 2.76. The first kappa shape index (κ1) is 18.7. The van der Waals surface area contributed by atoms with Crippen LogP contribution in [0.1, 0.15) is 29.6 Å². The number of amides is 1. The van der Waals surface area contributed by atoms with Crippen molar-refractivity contribution in [1.29, 1.82) is 0 Å². The van der Waals surface area contributed by atoms with Crippen LogP contribution in [0.5, 0.6) is 5.75 Å². The Morgan fingerprint density at radius 1 is 1.33 bits per heavy atom. The molecule has 0 aliphatic heterocycles. The molecule has 0 radical (unpaired) electrons. The highest BCUT2D eigenvalue weighted by molar-refractivity contribution is 7.89. The Hall–Kier alpha value is -1.64. The molecule has 0 spiro atoms. The molecule has 0 atom stereocenters. The fourth-order valence-corrected chi connectivity index (χ4v) is 3.07. The largest absolute Gasteiger partial charge is 0.495 e. The van der Waals surface area contributed by atoms with Crippen LogP contribution in [0.15, 0.2) is 23.1 Å². The smallest absolute Gasteiger partial charge is 0.251 e. The summed E-state index contributed by atoms with van der Waals surface area (Å²) < 4.78 is 36.8. The van der Waals surface area contributed by atoms with E-state index in [9.17, 15) is 13.2 Å². The lowest BCUT2D eigenvalue weighted by Crippen LogP contribution is -2.26. The normalized spacial score (nSPS) is 14.4. The van der Waals surface area contributed by atoms with E-state index in [1.165, 1.54) is 45.2 Å². The number of benzene rings is 1. The Bertz CT molecular complexity index is 671. The molecular formula is C16H24N2O5S. The van der Waals surface area contributed by atoms with Gasteiger partial charge < -0.3 is 14.8 Å². The standard InChI is InChI=1S/C16H24N2O5S/c1-17-24(20,21)15-10-13(6-7-14(15)22-2)16(19)18-8-3-9-23-11-12-4-5-12/h6-7,10,12,17H,3-5,8-9,11H2,1-2H3,(H,18,19). The molecule has 1 aliphatic rings. The number of methoxy groups -OCH3 is 1. The monoisotopic (exact) mass is 356 g/mol. The van der Waals surface area contributed by atoms with Crippen LogP contribution in [-0.2, 0) is 14.8 Å². The van der Waals surface area contributed by atoms with Crippen LogP contribution in [0.3, 0.4) is 0 Å². The van der Waals surface area contributed by atoms with Crippen molar-refractivity contribution in [1.82, 2.24) is 10.0 Å². The Morgan fingerprint density at radius 3 is 2.71 bits per heavy atom. The maximum absolute atomic E-state index is 12.2. The predicted molar refractivity (Wildman–Crippen MR) is 89.7 cm³/mol. The van der Waals surface area contributed by atoms with Crippen LogP contribution < -0.4 is 14.8 Å². The molecule has 1 fully saturated rings.